The number of carboxylic acid groups (broad SMARTS) is 1. The van der Waals surface area contributed by atoms with Crippen LogP contribution in [0.3, 0.4) is 0 Å². The van der Waals surface area contributed by atoms with Gasteiger partial charge in [0.05, 0.1) is 18.6 Å². The first kappa shape index (κ1) is 11.7. The summed E-state index contributed by atoms with van der Waals surface area (Å²) in [4.78, 5) is 25.4. The SMILES string of the molecule is CC(C)CN1C[C@@]23C=C[C@@H](O2)[C@@H](C(=O)O)[C@H]3C1=O. The van der Waals surface area contributed by atoms with Crippen molar-refractivity contribution >= 4 is 11.9 Å². The second-order valence-corrected chi connectivity index (χ2v) is 5.85. The first-order valence-corrected chi connectivity index (χ1v) is 6.33. The average molecular weight is 251 g/mol. The van der Waals surface area contributed by atoms with Crippen LogP contribution in [0.15, 0.2) is 12.2 Å². The molecule has 1 N–H and O–H groups in total. The molecule has 3 aliphatic heterocycles. The average Bonchev–Trinajstić information content (AvgIpc) is 2.87. The fourth-order valence-electron chi connectivity index (χ4n) is 3.46. The number of hydrogen-bond acceptors (Lipinski definition) is 3. The van der Waals surface area contributed by atoms with Crippen molar-refractivity contribution in [2.45, 2.75) is 25.6 Å². The van der Waals surface area contributed by atoms with Crippen molar-refractivity contribution in [3.05, 3.63) is 12.2 Å². The van der Waals surface area contributed by atoms with E-state index in [9.17, 15) is 14.7 Å². The molecule has 3 heterocycles. The molecule has 5 heteroatoms. The number of carbonyl (C=O) groups excluding carboxylic acids is 1. The lowest BCUT2D eigenvalue weighted by atomic mass is 9.77. The van der Waals surface area contributed by atoms with Gasteiger partial charge in [-0.2, -0.15) is 0 Å². The Balaban J connectivity index is 1.92. The molecule has 1 spiro atoms. The molecule has 5 nitrogen and oxygen atoms in total. The second kappa shape index (κ2) is 3.57. The molecular weight excluding hydrogens is 234 g/mol. The molecule has 2 bridgehead atoms. The van der Waals surface area contributed by atoms with E-state index in [1.54, 1.807) is 11.0 Å². The summed E-state index contributed by atoms with van der Waals surface area (Å²) < 4.78 is 5.79. The van der Waals surface area contributed by atoms with E-state index >= 15 is 0 Å². The fraction of sp³-hybridized carbons (Fsp3) is 0.692. The number of hydrogen-bond donors (Lipinski definition) is 1. The summed E-state index contributed by atoms with van der Waals surface area (Å²) in [7, 11) is 0. The highest BCUT2D eigenvalue weighted by molar-refractivity contribution is 5.90. The van der Waals surface area contributed by atoms with Crippen molar-refractivity contribution in [1.29, 1.82) is 0 Å². The van der Waals surface area contributed by atoms with Gasteiger partial charge in [-0.25, -0.2) is 0 Å². The van der Waals surface area contributed by atoms with Crippen LogP contribution in [0.1, 0.15) is 13.8 Å². The van der Waals surface area contributed by atoms with Crippen molar-refractivity contribution in [2.75, 3.05) is 13.1 Å². The summed E-state index contributed by atoms with van der Waals surface area (Å²) in [5, 5.41) is 9.28. The highest BCUT2D eigenvalue weighted by atomic mass is 16.5. The number of carboxylic acids is 1. The molecule has 0 aromatic heterocycles. The normalized spacial score (nSPS) is 40.9. The van der Waals surface area contributed by atoms with E-state index in [1.807, 2.05) is 19.9 Å². The van der Waals surface area contributed by atoms with Crippen molar-refractivity contribution in [1.82, 2.24) is 4.90 Å². The summed E-state index contributed by atoms with van der Waals surface area (Å²) in [5.41, 5.74) is -0.681. The number of rotatable bonds is 3. The van der Waals surface area contributed by atoms with Crippen LogP contribution in [-0.2, 0) is 14.3 Å². The van der Waals surface area contributed by atoms with Gasteiger partial charge in [-0.3, -0.25) is 9.59 Å². The van der Waals surface area contributed by atoms with Crippen LogP contribution in [0.5, 0.6) is 0 Å². The molecule has 98 valence electrons. The largest absolute Gasteiger partial charge is 0.481 e. The van der Waals surface area contributed by atoms with Gasteiger partial charge in [0.1, 0.15) is 11.5 Å². The monoisotopic (exact) mass is 251 g/mol. The Hall–Kier alpha value is -1.36. The highest BCUT2D eigenvalue weighted by Crippen LogP contribution is 2.51. The second-order valence-electron chi connectivity index (χ2n) is 5.85. The van der Waals surface area contributed by atoms with Gasteiger partial charge in [0.25, 0.3) is 0 Å². The smallest absolute Gasteiger partial charge is 0.310 e. The Bertz CT molecular complexity index is 444. The maximum Gasteiger partial charge on any atom is 0.310 e. The zero-order valence-electron chi connectivity index (χ0n) is 10.5. The zero-order valence-corrected chi connectivity index (χ0v) is 10.5. The molecule has 0 aliphatic carbocycles. The van der Waals surface area contributed by atoms with Gasteiger partial charge in [-0.15, -0.1) is 0 Å². The predicted octanol–water partition coefficient (Wildman–Crippen LogP) is 0.509. The first-order chi connectivity index (χ1) is 8.44. The van der Waals surface area contributed by atoms with Gasteiger partial charge in [-0.1, -0.05) is 26.0 Å². The van der Waals surface area contributed by atoms with E-state index in [4.69, 9.17) is 4.74 Å². The van der Waals surface area contributed by atoms with Gasteiger partial charge in [0, 0.05) is 6.54 Å². The number of aliphatic carboxylic acids is 1. The first-order valence-electron chi connectivity index (χ1n) is 6.33. The minimum Gasteiger partial charge on any atom is -0.481 e. The Morgan fingerprint density at radius 1 is 1.67 bits per heavy atom. The maximum atomic E-state index is 12.4. The van der Waals surface area contributed by atoms with E-state index in [0.29, 0.717) is 19.0 Å². The van der Waals surface area contributed by atoms with Crippen LogP contribution >= 0.6 is 0 Å². The summed E-state index contributed by atoms with van der Waals surface area (Å²) in [6, 6.07) is 0. The van der Waals surface area contributed by atoms with Gasteiger partial charge in [0.15, 0.2) is 0 Å². The van der Waals surface area contributed by atoms with Crippen LogP contribution in [0.4, 0.5) is 0 Å². The molecule has 0 radical (unpaired) electrons. The third-order valence-corrected chi connectivity index (χ3v) is 4.05. The number of amides is 1. The number of likely N-dealkylation sites (tertiary alicyclic amines) is 1. The lowest BCUT2D eigenvalue weighted by molar-refractivity contribution is -0.148. The molecule has 3 rings (SSSR count). The molecule has 0 saturated carbocycles. The Labute approximate surface area is 105 Å². The lowest BCUT2D eigenvalue weighted by Gasteiger charge is -2.22. The van der Waals surface area contributed by atoms with Crippen LogP contribution in [0, 0.1) is 17.8 Å². The molecule has 0 unspecified atom stereocenters. The number of carbonyl (C=O) groups is 2. The van der Waals surface area contributed by atoms with E-state index in [0.717, 1.165) is 0 Å². The van der Waals surface area contributed by atoms with Gasteiger partial charge in [0.2, 0.25) is 5.91 Å². The standard InChI is InChI=1S/C13H17NO4/c1-7(2)5-14-6-13-4-3-8(18-13)9(12(16)17)10(13)11(14)15/h3-4,7-10H,5-6H2,1-2H3,(H,16,17)/t8-,9-,10+,13-/m1/s1. The summed E-state index contributed by atoms with van der Waals surface area (Å²) >= 11 is 0. The highest BCUT2D eigenvalue weighted by Gasteiger charge is 2.66. The summed E-state index contributed by atoms with van der Waals surface area (Å²) in [6.07, 6.45) is 3.25. The van der Waals surface area contributed by atoms with Crippen molar-refractivity contribution < 1.29 is 19.4 Å². The summed E-state index contributed by atoms with van der Waals surface area (Å²) in [6.45, 7) is 5.24. The molecular formula is C13H17NO4. The Morgan fingerprint density at radius 3 is 3.00 bits per heavy atom. The maximum absolute atomic E-state index is 12.4. The number of ether oxygens (including phenoxy) is 1. The topological polar surface area (TPSA) is 66.8 Å². The molecule has 2 fully saturated rings. The van der Waals surface area contributed by atoms with Crippen molar-refractivity contribution in [3.8, 4) is 0 Å². The van der Waals surface area contributed by atoms with E-state index in [1.165, 1.54) is 0 Å². The Kier molecular flexibility index (Phi) is 2.32. The number of fused-ring (bicyclic) bond motifs is 1. The van der Waals surface area contributed by atoms with Gasteiger partial charge in [-0.05, 0) is 5.92 Å². The zero-order chi connectivity index (χ0) is 13.1. The van der Waals surface area contributed by atoms with E-state index in [2.05, 4.69) is 0 Å². The van der Waals surface area contributed by atoms with E-state index in [-0.39, 0.29) is 5.91 Å². The van der Waals surface area contributed by atoms with Gasteiger partial charge < -0.3 is 14.7 Å². The molecule has 4 atom stereocenters. The third kappa shape index (κ3) is 1.37. The van der Waals surface area contributed by atoms with E-state index < -0.39 is 29.5 Å². The third-order valence-electron chi connectivity index (χ3n) is 4.05. The van der Waals surface area contributed by atoms with Gasteiger partial charge >= 0.3 is 5.97 Å². The number of nitrogens with zero attached hydrogens (tertiary/aromatic N) is 1. The summed E-state index contributed by atoms with van der Waals surface area (Å²) in [5.74, 6) is -1.89. The fourth-order valence-corrected chi connectivity index (χ4v) is 3.46. The lowest BCUT2D eigenvalue weighted by Crippen LogP contribution is -2.39. The minimum atomic E-state index is -0.934. The molecule has 0 aromatic carbocycles. The minimum absolute atomic E-state index is 0.0667. The molecule has 1 amide bonds. The predicted molar refractivity (Wildman–Crippen MR) is 62.8 cm³/mol. The molecule has 18 heavy (non-hydrogen) atoms. The van der Waals surface area contributed by atoms with Crippen molar-refractivity contribution in [2.24, 2.45) is 17.8 Å². The quantitative estimate of drug-likeness (QED) is 0.742. The molecule has 0 aromatic rings. The van der Waals surface area contributed by atoms with Crippen LogP contribution in [-0.4, -0.2) is 46.7 Å². The van der Waals surface area contributed by atoms with Crippen LogP contribution in [0.25, 0.3) is 0 Å². The van der Waals surface area contributed by atoms with Crippen LogP contribution < -0.4 is 0 Å². The van der Waals surface area contributed by atoms with Crippen molar-refractivity contribution in [3.63, 3.8) is 0 Å². The molecule has 3 aliphatic rings. The Morgan fingerprint density at radius 2 is 2.39 bits per heavy atom. The molecule has 2 saturated heterocycles. The van der Waals surface area contributed by atoms with Crippen LogP contribution in [0.2, 0.25) is 0 Å².